The van der Waals surface area contributed by atoms with Gasteiger partial charge in [0.1, 0.15) is 11.9 Å². The molecule has 2 atom stereocenters. The number of carbonyl (C=O) groups excluding carboxylic acids is 1. The van der Waals surface area contributed by atoms with E-state index < -0.39 is 18.2 Å². The molecule has 21 heavy (non-hydrogen) atoms. The lowest BCUT2D eigenvalue weighted by Crippen LogP contribution is -2.41. The number of hydrogen-bond donors (Lipinski definition) is 1. The van der Waals surface area contributed by atoms with Gasteiger partial charge in [-0.15, -0.1) is 0 Å². The molecular weight excluding hydrogens is 340 g/mol. The van der Waals surface area contributed by atoms with E-state index in [0.29, 0.717) is 17.9 Å². The zero-order valence-electron chi connectivity index (χ0n) is 11.8. The van der Waals surface area contributed by atoms with Crippen molar-refractivity contribution in [3.63, 3.8) is 0 Å². The summed E-state index contributed by atoms with van der Waals surface area (Å²) in [5.41, 5.74) is 1.27. The maximum absolute atomic E-state index is 12.2. The largest absolute Gasteiger partial charge is 0.497 e. The number of methoxy groups -OCH3 is 1. The Morgan fingerprint density at radius 1 is 1.43 bits per heavy atom. The third kappa shape index (κ3) is 3.64. The van der Waals surface area contributed by atoms with Gasteiger partial charge in [0, 0.05) is 4.48 Å². The summed E-state index contributed by atoms with van der Waals surface area (Å²) in [6.07, 6.45) is -1.15. The molecule has 0 saturated carbocycles. The second-order valence-electron chi connectivity index (χ2n) is 4.67. The fourth-order valence-electron chi connectivity index (χ4n) is 2.04. The Morgan fingerprint density at radius 3 is 2.67 bits per heavy atom. The van der Waals surface area contributed by atoms with Crippen molar-refractivity contribution in [2.75, 3.05) is 20.3 Å². The van der Waals surface area contributed by atoms with Crippen molar-refractivity contribution in [1.82, 2.24) is 0 Å². The Kier molecular flexibility index (Phi) is 5.39. The monoisotopic (exact) mass is 356 g/mol. The SMILES string of the molecule is COc1ccc(C(=O)O[C@H]2C(C)=C(Br)CO[C@@H]2CO)cc1. The number of halogens is 1. The van der Waals surface area contributed by atoms with Crippen LogP contribution in [-0.2, 0) is 9.47 Å². The minimum absolute atomic E-state index is 0.210. The molecule has 1 aliphatic heterocycles. The highest BCUT2D eigenvalue weighted by molar-refractivity contribution is 9.11. The van der Waals surface area contributed by atoms with E-state index in [4.69, 9.17) is 14.2 Å². The van der Waals surface area contributed by atoms with Crippen molar-refractivity contribution in [2.24, 2.45) is 0 Å². The van der Waals surface area contributed by atoms with E-state index in [-0.39, 0.29) is 6.61 Å². The minimum atomic E-state index is -0.604. The maximum atomic E-state index is 12.2. The molecule has 0 unspecified atom stereocenters. The fraction of sp³-hybridized carbons (Fsp3) is 0.400. The first-order valence-corrected chi connectivity index (χ1v) is 7.28. The third-order valence-electron chi connectivity index (χ3n) is 3.36. The van der Waals surface area contributed by atoms with Crippen LogP contribution in [0.1, 0.15) is 17.3 Å². The molecule has 0 bridgehead atoms. The predicted octanol–water partition coefficient (Wildman–Crippen LogP) is 2.28. The van der Waals surface area contributed by atoms with Crippen LogP contribution in [0, 0.1) is 0 Å². The summed E-state index contributed by atoms with van der Waals surface area (Å²) in [5, 5.41) is 9.35. The molecule has 2 rings (SSSR count). The molecule has 0 spiro atoms. The van der Waals surface area contributed by atoms with Crippen molar-refractivity contribution in [1.29, 1.82) is 0 Å². The van der Waals surface area contributed by atoms with E-state index in [1.54, 1.807) is 31.4 Å². The third-order valence-corrected chi connectivity index (χ3v) is 4.21. The standard InChI is InChI=1S/C15H17BrO5/c1-9-12(16)8-20-13(7-17)14(9)21-15(18)10-3-5-11(19-2)6-4-10/h3-6,13-14,17H,7-8H2,1-2H3/t13-,14+/m1/s1. The lowest BCUT2D eigenvalue weighted by Gasteiger charge is -2.31. The normalized spacial score (nSPS) is 22.1. The molecule has 1 N–H and O–H groups in total. The number of hydrogen-bond acceptors (Lipinski definition) is 5. The molecule has 114 valence electrons. The van der Waals surface area contributed by atoms with Crippen molar-refractivity contribution in [2.45, 2.75) is 19.1 Å². The van der Waals surface area contributed by atoms with Crippen LogP contribution in [0.5, 0.6) is 5.75 Å². The van der Waals surface area contributed by atoms with Gasteiger partial charge in [-0.25, -0.2) is 4.79 Å². The molecule has 0 fully saturated rings. The number of aliphatic hydroxyl groups is 1. The van der Waals surface area contributed by atoms with Gasteiger partial charge < -0.3 is 19.3 Å². The molecule has 0 saturated heterocycles. The molecule has 0 aliphatic carbocycles. The van der Waals surface area contributed by atoms with Gasteiger partial charge in [0.2, 0.25) is 0 Å². The second-order valence-corrected chi connectivity index (χ2v) is 5.63. The van der Waals surface area contributed by atoms with Gasteiger partial charge in [0.05, 0.1) is 25.9 Å². The van der Waals surface area contributed by atoms with E-state index in [1.807, 2.05) is 6.92 Å². The van der Waals surface area contributed by atoms with E-state index >= 15 is 0 Å². The molecule has 1 aliphatic rings. The lowest BCUT2D eigenvalue weighted by atomic mass is 10.0. The first-order chi connectivity index (χ1) is 10.1. The van der Waals surface area contributed by atoms with Gasteiger partial charge in [-0.05, 0) is 36.8 Å². The zero-order chi connectivity index (χ0) is 15.4. The van der Waals surface area contributed by atoms with Crippen LogP contribution in [0.4, 0.5) is 0 Å². The van der Waals surface area contributed by atoms with Crippen LogP contribution < -0.4 is 4.74 Å². The van der Waals surface area contributed by atoms with Crippen molar-refractivity contribution < 1.29 is 24.1 Å². The maximum Gasteiger partial charge on any atom is 0.338 e. The van der Waals surface area contributed by atoms with Crippen molar-refractivity contribution >= 4 is 21.9 Å². The number of rotatable bonds is 4. The van der Waals surface area contributed by atoms with Crippen LogP contribution in [0.15, 0.2) is 34.3 Å². The van der Waals surface area contributed by atoms with Crippen LogP contribution >= 0.6 is 15.9 Å². The quantitative estimate of drug-likeness (QED) is 0.838. The summed E-state index contributed by atoms with van der Waals surface area (Å²) in [4.78, 5) is 12.2. The van der Waals surface area contributed by atoms with Crippen molar-refractivity contribution in [3.8, 4) is 5.75 Å². The van der Waals surface area contributed by atoms with Crippen LogP contribution in [0.3, 0.4) is 0 Å². The number of carbonyl (C=O) groups is 1. The molecule has 0 radical (unpaired) electrons. The van der Waals surface area contributed by atoms with Gasteiger partial charge in [-0.1, -0.05) is 15.9 Å². The van der Waals surface area contributed by atoms with Crippen LogP contribution in [0.25, 0.3) is 0 Å². The molecule has 1 heterocycles. The Labute approximate surface area is 131 Å². The Morgan fingerprint density at radius 2 is 2.10 bits per heavy atom. The van der Waals surface area contributed by atoms with E-state index in [1.165, 1.54) is 0 Å². The topological polar surface area (TPSA) is 65.0 Å². The molecule has 1 aromatic rings. The second kappa shape index (κ2) is 7.06. The predicted molar refractivity (Wildman–Crippen MR) is 80.7 cm³/mol. The summed E-state index contributed by atoms with van der Waals surface area (Å²) in [7, 11) is 1.56. The van der Waals surface area contributed by atoms with Gasteiger partial charge >= 0.3 is 5.97 Å². The van der Waals surface area contributed by atoms with Crippen molar-refractivity contribution in [3.05, 3.63) is 39.9 Å². The Hall–Kier alpha value is -1.37. The van der Waals surface area contributed by atoms with E-state index in [0.717, 1.165) is 10.1 Å². The average Bonchev–Trinajstić information content (AvgIpc) is 2.52. The van der Waals surface area contributed by atoms with Crippen LogP contribution in [0.2, 0.25) is 0 Å². The fourth-order valence-corrected chi connectivity index (χ4v) is 2.40. The smallest absolute Gasteiger partial charge is 0.338 e. The van der Waals surface area contributed by atoms with Gasteiger partial charge in [0.25, 0.3) is 0 Å². The first-order valence-electron chi connectivity index (χ1n) is 6.49. The zero-order valence-corrected chi connectivity index (χ0v) is 13.4. The van der Waals surface area contributed by atoms with Gasteiger partial charge in [-0.3, -0.25) is 0 Å². The Balaban J connectivity index is 2.14. The average molecular weight is 357 g/mol. The Bertz CT molecular complexity index is 537. The summed E-state index contributed by atoms with van der Waals surface area (Å²) >= 11 is 3.38. The van der Waals surface area contributed by atoms with Gasteiger partial charge in [-0.2, -0.15) is 0 Å². The van der Waals surface area contributed by atoms with Gasteiger partial charge in [0.15, 0.2) is 6.10 Å². The van der Waals surface area contributed by atoms with E-state index in [9.17, 15) is 9.90 Å². The summed E-state index contributed by atoms with van der Waals surface area (Å²) in [5.74, 6) is 0.200. The molecule has 1 aromatic carbocycles. The first kappa shape index (κ1) is 16.0. The van der Waals surface area contributed by atoms with E-state index in [2.05, 4.69) is 15.9 Å². The number of aliphatic hydroxyl groups excluding tert-OH is 1. The molecule has 5 nitrogen and oxygen atoms in total. The highest BCUT2D eigenvalue weighted by Gasteiger charge is 2.32. The highest BCUT2D eigenvalue weighted by Crippen LogP contribution is 2.27. The number of benzene rings is 1. The number of ether oxygens (including phenoxy) is 3. The van der Waals surface area contributed by atoms with Crippen LogP contribution in [-0.4, -0.2) is 43.6 Å². The molecule has 0 aromatic heterocycles. The number of esters is 1. The highest BCUT2D eigenvalue weighted by atomic mass is 79.9. The summed E-state index contributed by atoms with van der Waals surface area (Å²) < 4.78 is 16.8. The molecule has 0 amide bonds. The summed E-state index contributed by atoms with van der Waals surface area (Å²) in [6, 6.07) is 6.64. The lowest BCUT2D eigenvalue weighted by molar-refractivity contribution is -0.0621. The molecular formula is C15H17BrO5. The molecule has 6 heteroatoms. The minimum Gasteiger partial charge on any atom is -0.497 e. The summed E-state index contributed by atoms with van der Waals surface area (Å²) in [6.45, 7) is 2.01.